The summed E-state index contributed by atoms with van der Waals surface area (Å²) < 4.78 is 2.27. The molecule has 3 N–H and O–H groups in total. The Morgan fingerprint density at radius 1 is 1.33 bits per heavy atom. The lowest BCUT2D eigenvalue weighted by molar-refractivity contribution is 0.705. The first-order chi connectivity index (χ1) is 8.31. The molecule has 0 saturated carbocycles. The molecule has 0 aliphatic rings. The highest BCUT2D eigenvalue weighted by Crippen LogP contribution is 2.30. The van der Waals surface area contributed by atoms with Crippen molar-refractivity contribution in [2.24, 2.45) is 0 Å². The standard InChI is InChI=1S/C14H13ClN2.H3N/c1-2-7-17-8-5-10-9-12(15)13-11(14(10)17)4-3-6-16-13;/h3-6,8-9H,2,7H2,1H3;1H3. The Balaban J connectivity index is 0.00000120. The van der Waals surface area contributed by atoms with Crippen LogP contribution >= 0.6 is 11.6 Å². The first-order valence-corrected chi connectivity index (χ1v) is 6.21. The molecule has 2 aromatic heterocycles. The van der Waals surface area contributed by atoms with Gasteiger partial charge < -0.3 is 10.7 Å². The molecule has 0 spiro atoms. The van der Waals surface area contributed by atoms with Crippen molar-refractivity contribution in [1.82, 2.24) is 15.7 Å². The quantitative estimate of drug-likeness (QED) is 0.743. The highest BCUT2D eigenvalue weighted by molar-refractivity contribution is 6.36. The molecular weight excluding hydrogens is 246 g/mol. The van der Waals surface area contributed by atoms with Crippen LogP contribution in [0, 0.1) is 0 Å². The van der Waals surface area contributed by atoms with Crippen molar-refractivity contribution in [3.63, 3.8) is 0 Å². The number of rotatable bonds is 2. The van der Waals surface area contributed by atoms with Crippen LogP contribution in [0.4, 0.5) is 0 Å². The minimum Gasteiger partial charge on any atom is -0.347 e. The van der Waals surface area contributed by atoms with Crippen LogP contribution in [0.25, 0.3) is 21.8 Å². The molecule has 3 rings (SSSR count). The van der Waals surface area contributed by atoms with Crippen LogP contribution in [0.2, 0.25) is 5.02 Å². The van der Waals surface area contributed by atoms with E-state index >= 15 is 0 Å². The summed E-state index contributed by atoms with van der Waals surface area (Å²) in [5.41, 5.74) is 2.12. The lowest BCUT2D eigenvalue weighted by atomic mass is 10.1. The number of halogens is 1. The molecule has 0 aliphatic heterocycles. The number of nitrogens with zero attached hydrogens (tertiary/aromatic N) is 2. The van der Waals surface area contributed by atoms with Crippen molar-refractivity contribution in [1.29, 1.82) is 0 Å². The Morgan fingerprint density at radius 3 is 2.94 bits per heavy atom. The van der Waals surface area contributed by atoms with Gasteiger partial charge >= 0.3 is 0 Å². The molecular formula is C14H16ClN3. The molecule has 94 valence electrons. The molecule has 4 heteroatoms. The first-order valence-electron chi connectivity index (χ1n) is 5.83. The Labute approximate surface area is 111 Å². The third kappa shape index (κ3) is 1.85. The summed E-state index contributed by atoms with van der Waals surface area (Å²) in [6.07, 6.45) is 5.03. The predicted molar refractivity (Wildman–Crippen MR) is 77.6 cm³/mol. The molecule has 0 aliphatic carbocycles. The maximum absolute atomic E-state index is 6.25. The fourth-order valence-electron chi connectivity index (χ4n) is 2.34. The molecule has 3 aromatic rings. The van der Waals surface area contributed by atoms with Crippen LogP contribution in [0.1, 0.15) is 13.3 Å². The normalized spacial score (nSPS) is 10.8. The summed E-state index contributed by atoms with van der Waals surface area (Å²) in [7, 11) is 0. The summed E-state index contributed by atoms with van der Waals surface area (Å²) in [6.45, 7) is 3.21. The van der Waals surface area contributed by atoms with Crippen LogP contribution < -0.4 is 6.15 Å². The van der Waals surface area contributed by atoms with Crippen LogP contribution in [-0.4, -0.2) is 9.55 Å². The van der Waals surface area contributed by atoms with E-state index in [1.165, 1.54) is 10.9 Å². The monoisotopic (exact) mass is 261 g/mol. The summed E-state index contributed by atoms with van der Waals surface area (Å²) in [4.78, 5) is 4.37. The van der Waals surface area contributed by atoms with Gasteiger partial charge in [0.15, 0.2) is 0 Å². The van der Waals surface area contributed by atoms with Gasteiger partial charge in [0.1, 0.15) is 0 Å². The molecule has 0 unspecified atom stereocenters. The van der Waals surface area contributed by atoms with Gasteiger partial charge in [-0.1, -0.05) is 18.5 Å². The van der Waals surface area contributed by atoms with Gasteiger partial charge in [0, 0.05) is 29.7 Å². The number of hydrogen-bond donors (Lipinski definition) is 1. The van der Waals surface area contributed by atoms with Crippen LogP contribution in [0.15, 0.2) is 36.7 Å². The van der Waals surface area contributed by atoms with Gasteiger partial charge in [-0.05, 0) is 30.7 Å². The summed E-state index contributed by atoms with van der Waals surface area (Å²) in [5, 5.41) is 3.04. The number of hydrogen-bond acceptors (Lipinski definition) is 2. The van der Waals surface area contributed by atoms with Crippen LogP contribution in [-0.2, 0) is 6.54 Å². The van der Waals surface area contributed by atoms with Gasteiger partial charge in [-0.15, -0.1) is 0 Å². The zero-order valence-electron chi connectivity index (χ0n) is 10.4. The van der Waals surface area contributed by atoms with E-state index < -0.39 is 0 Å². The van der Waals surface area contributed by atoms with Gasteiger partial charge in [0.25, 0.3) is 0 Å². The fourth-order valence-corrected chi connectivity index (χ4v) is 2.60. The lowest BCUT2D eigenvalue weighted by Crippen LogP contribution is -1.95. The van der Waals surface area contributed by atoms with Gasteiger partial charge in [-0.25, -0.2) is 0 Å². The average molecular weight is 262 g/mol. The van der Waals surface area contributed by atoms with Gasteiger partial charge in [0.2, 0.25) is 0 Å². The number of pyridine rings is 1. The Morgan fingerprint density at radius 2 is 2.17 bits per heavy atom. The Bertz CT molecular complexity index is 688. The molecule has 2 heterocycles. The molecule has 0 bridgehead atoms. The molecule has 0 radical (unpaired) electrons. The maximum atomic E-state index is 6.25. The number of fused-ring (bicyclic) bond motifs is 3. The van der Waals surface area contributed by atoms with Crippen molar-refractivity contribution in [3.05, 3.63) is 41.7 Å². The second kappa shape index (κ2) is 4.96. The lowest BCUT2D eigenvalue weighted by Gasteiger charge is -2.07. The van der Waals surface area contributed by atoms with Crippen LogP contribution in [0.5, 0.6) is 0 Å². The summed E-state index contributed by atoms with van der Waals surface area (Å²) >= 11 is 6.25. The molecule has 0 fully saturated rings. The van der Waals surface area contributed by atoms with Gasteiger partial charge in [0.05, 0.1) is 16.1 Å². The largest absolute Gasteiger partial charge is 0.347 e. The highest BCUT2D eigenvalue weighted by Gasteiger charge is 2.09. The zero-order valence-corrected chi connectivity index (χ0v) is 11.1. The molecule has 0 amide bonds. The number of benzene rings is 1. The molecule has 0 saturated heterocycles. The van der Waals surface area contributed by atoms with E-state index in [9.17, 15) is 0 Å². The maximum Gasteiger partial charge on any atom is 0.0909 e. The van der Waals surface area contributed by atoms with Crippen molar-refractivity contribution in [3.8, 4) is 0 Å². The average Bonchev–Trinajstić information content (AvgIpc) is 2.73. The first kappa shape index (κ1) is 12.9. The third-order valence-corrected chi connectivity index (χ3v) is 3.32. The SMILES string of the molecule is CCCn1ccc2cc(Cl)c3ncccc3c21.N. The summed E-state index contributed by atoms with van der Waals surface area (Å²) in [5.74, 6) is 0. The van der Waals surface area contributed by atoms with E-state index in [1.54, 1.807) is 6.20 Å². The van der Waals surface area contributed by atoms with Gasteiger partial charge in [-0.3, -0.25) is 4.98 Å². The van der Waals surface area contributed by atoms with E-state index in [1.807, 2.05) is 12.1 Å². The van der Waals surface area contributed by atoms with E-state index in [-0.39, 0.29) is 6.15 Å². The topological polar surface area (TPSA) is 52.8 Å². The van der Waals surface area contributed by atoms with E-state index in [0.717, 1.165) is 28.9 Å². The van der Waals surface area contributed by atoms with Crippen molar-refractivity contribution >= 4 is 33.4 Å². The summed E-state index contributed by atoms with van der Waals surface area (Å²) in [6, 6.07) is 8.16. The fraction of sp³-hybridized carbons (Fsp3) is 0.214. The van der Waals surface area contributed by atoms with Crippen LogP contribution in [0.3, 0.4) is 0 Å². The van der Waals surface area contributed by atoms with E-state index in [0.29, 0.717) is 0 Å². The molecule has 0 atom stereocenters. The second-order valence-corrected chi connectivity index (χ2v) is 4.61. The van der Waals surface area contributed by atoms with Crippen molar-refractivity contribution < 1.29 is 0 Å². The van der Waals surface area contributed by atoms with E-state index in [4.69, 9.17) is 11.6 Å². The smallest absolute Gasteiger partial charge is 0.0909 e. The highest BCUT2D eigenvalue weighted by atomic mass is 35.5. The number of aryl methyl sites for hydroxylation is 1. The minimum atomic E-state index is 0. The Kier molecular flexibility index (Phi) is 3.55. The second-order valence-electron chi connectivity index (χ2n) is 4.20. The molecule has 18 heavy (non-hydrogen) atoms. The molecule has 1 aromatic carbocycles. The predicted octanol–water partition coefficient (Wildman–Crippen LogP) is 4.41. The van der Waals surface area contributed by atoms with E-state index in [2.05, 4.69) is 34.8 Å². The van der Waals surface area contributed by atoms with Gasteiger partial charge in [-0.2, -0.15) is 0 Å². The van der Waals surface area contributed by atoms with Crippen molar-refractivity contribution in [2.75, 3.05) is 0 Å². The number of aromatic nitrogens is 2. The third-order valence-electron chi connectivity index (χ3n) is 3.03. The van der Waals surface area contributed by atoms with Crippen molar-refractivity contribution in [2.45, 2.75) is 19.9 Å². The Hall–Kier alpha value is -1.58. The zero-order chi connectivity index (χ0) is 11.8. The minimum absolute atomic E-state index is 0. The molecule has 3 nitrogen and oxygen atoms in total.